The number of likely N-dealkylation sites (tertiary alicyclic amines) is 1. The first-order chi connectivity index (χ1) is 6.65. The lowest BCUT2D eigenvalue weighted by atomic mass is 10.0. The first-order valence-corrected chi connectivity index (χ1v) is 4.39. The van der Waals surface area contributed by atoms with Crippen molar-refractivity contribution in [2.45, 2.75) is 12.5 Å². The smallest absolute Gasteiger partial charge is 0.404 e. The lowest BCUT2D eigenvalue weighted by Crippen LogP contribution is -2.53. The average Bonchev–Trinajstić information content (AvgIpc) is 2.09. The summed E-state index contributed by atoms with van der Waals surface area (Å²) in [6, 6.07) is -0.184. The molecule has 1 amide bonds. The summed E-state index contributed by atoms with van der Waals surface area (Å²) in [5.41, 5.74) is 4.79. The van der Waals surface area contributed by atoms with Crippen LogP contribution in [-0.2, 0) is 14.3 Å². The molecule has 0 aliphatic carbocycles. The van der Waals surface area contributed by atoms with Gasteiger partial charge in [0.1, 0.15) is 12.6 Å². The fourth-order valence-electron chi connectivity index (χ4n) is 1.37. The molecule has 0 aromatic carbocycles. The fourth-order valence-corrected chi connectivity index (χ4v) is 1.37. The zero-order valence-corrected chi connectivity index (χ0v) is 8.06. The minimum atomic E-state index is -0.792. The van der Waals surface area contributed by atoms with Crippen LogP contribution in [0.2, 0.25) is 0 Å². The molecule has 2 N–H and O–H groups in total. The van der Waals surface area contributed by atoms with Gasteiger partial charge in [0.25, 0.3) is 0 Å². The van der Waals surface area contributed by atoms with Gasteiger partial charge in [-0.25, -0.2) is 4.79 Å². The Kier molecular flexibility index (Phi) is 3.70. The van der Waals surface area contributed by atoms with Gasteiger partial charge in [0.05, 0.1) is 7.11 Å². The number of carbonyl (C=O) groups excluding carboxylic acids is 2. The summed E-state index contributed by atoms with van der Waals surface area (Å²) in [6.45, 7) is 1.55. The van der Waals surface area contributed by atoms with Gasteiger partial charge in [-0.1, -0.05) is 0 Å². The van der Waals surface area contributed by atoms with E-state index in [0.717, 1.165) is 13.0 Å². The van der Waals surface area contributed by atoms with E-state index < -0.39 is 6.09 Å². The van der Waals surface area contributed by atoms with Crippen LogP contribution >= 0.6 is 0 Å². The molecular weight excluding hydrogens is 188 g/mol. The van der Waals surface area contributed by atoms with Gasteiger partial charge in [0.2, 0.25) is 0 Å². The van der Waals surface area contributed by atoms with Crippen LogP contribution in [-0.4, -0.2) is 49.8 Å². The predicted molar refractivity (Wildman–Crippen MR) is 47.5 cm³/mol. The van der Waals surface area contributed by atoms with Crippen molar-refractivity contribution in [3.8, 4) is 0 Å². The highest BCUT2D eigenvalue weighted by Crippen LogP contribution is 2.17. The number of nitrogens with two attached hydrogens (primary N) is 1. The van der Waals surface area contributed by atoms with Crippen molar-refractivity contribution in [2.75, 3.05) is 26.8 Å². The number of amides is 1. The van der Waals surface area contributed by atoms with Crippen LogP contribution in [0.1, 0.15) is 6.42 Å². The quantitative estimate of drug-likeness (QED) is 0.611. The van der Waals surface area contributed by atoms with E-state index in [4.69, 9.17) is 5.73 Å². The van der Waals surface area contributed by atoms with Crippen molar-refractivity contribution in [2.24, 2.45) is 5.73 Å². The van der Waals surface area contributed by atoms with Crippen molar-refractivity contribution >= 4 is 12.1 Å². The molecule has 1 rings (SSSR count). The minimum absolute atomic E-state index is 0.184. The molecular formula is C8H14N2O4. The minimum Gasteiger partial charge on any atom is -0.468 e. The summed E-state index contributed by atoms with van der Waals surface area (Å²) in [5.74, 6) is -0.240. The van der Waals surface area contributed by atoms with Crippen LogP contribution in [0.3, 0.4) is 0 Å². The summed E-state index contributed by atoms with van der Waals surface area (Å²) >= 11 is 0. The van der Waals surface area contributed by atoms with Gasteiger partial charge in [-0.15, -0.1) is 0 Å². The second-order valence-electron chi connectivity index (χ2n) is 3.03. The Balaban J connectivity index is 2.19. The molecule has 0 spiro atoms. The van der Waals surface area contributed by atoms with Crippen molar-refractivity contribution < 1.29 is 19.1 Å². The zero-order valence-electron chi connectivity index (χ0n) is 8.06. The summed E-state index contributed by atoms with van der Waals surface area (Å²) in [5, 5.41) is 0. The standard InChI is InChI=1S/C8H14N2O4/c1-13-7(11)6-2-3-10(6)4-5-14-8(9)12/h6H,2-5H2,1H3,(H2,9,12). The SMILES string of the molecule is COC(=O)C1CCN1CCOC(N)=O. The third-order valence-electron chi connectivity index (χ3n) is 2.23. The highest BCUT2D eigenvalue weighted by molar-refractivity contribution is 5.76. The van der Waals surface area contributed by atoms with Crippen molar-refractivity contribution in [3.63, 3.8) is 0 Å². The fraction of sp³-hybridized carbons (Fsp3) is 0.750. The number of primary amides is 1. The van der Waals surface area contributed by atoms with Gasteiger partial charge in [0.15, 0.2) is 0 Å². The molecule has 1 heterocycles. The Labute approximate surface area is 81.9 Å². The van der Waals surface area contributed by atoms with Crippen LogP contribution in [0.15, 0.2) is 0 Å². The molecule has 0 radical (unpaired) electrons. The average molecular weight is 202 g/mol. The molecule has 14 heavy (non-hydrogen) atoms. The van der Waals surface area contributed by atoms with Crippen LogP contribution in [0.5, 0.6) is 0 Å². The Morgan fingerprint density at radius 1 is 1.57 bits per heavy atom. The number of esters is 1. The molecule has 1 aliphatic rings. The van der Waals surface area contributed by atoms with Gasteiger partial charge in [-0.3, -0.25) is 9.69 Å². The molecule has 1 atom stereocenters. The molecule has 0 bridgehead atoms. The summed E-state index contributed by atoms with van der Waals surface area (Å²) < 4.78 is 9.15. The van der Waals surface area contributed by atoms with Gasteiger partial charge >= 0.3 is 12.1 Å². The molecule has 80 valence electrons. The Bertz CT molecular complexity index is 231. The number of carbonyl (C=O) groups is 2. The molecule has 6 nitrogen and oxygen atoms in total. The molecule has 1 saturated heterocycles. The van der Waals surface area contributed by atoms with E-state index in [-0.39, 0.29) is 18.6 Å². The van der Waals surface area contributed by atoms with Gasteiger partial charge in [-0.2, -0.15) is 0 Å². The normalized spacial score (nSPS) is 21.1. The highest BCUT2D eigenvalue weighted by atomic mass is 16.5. The molecule has 0 saturated carbocycles. The van der Waals surface area contributed by atoms with Crippen molar-refractivity contribution in [1.82, 2.24) is 4.90 Å². The van der Waals surface area contributed by atoms with E-state index in [1.165, 1.54) is 7.11 Å². The van der Waals surface area contributed by atoms with E-state index in [1.807, 2.05) is 4.90 Å². The van der Waals surface area contributed by atoms with E-state index >= 15 is 0 Å². The number of hydrogen-bond acceptors (Lipinski definition) is 5. The lowest BCUT2D eigenvalue weighted by molar-refractivity contribution is -0.152. The molecule has 1 fully saturated rings. The van der Waals surface area contributed by atoms with Crippen molar-refractivity contribution in [3.05, 3.63) is 0 Å². The Morgan fingerprint density at radius 2 is 2.29 bits per heavy atom. The summed E-state index contributed by atoms with van der Waals surface area (Å²) in [6.07, 6.45) is 0.00335. The Hall–Kier alpha value is -1.30. The topological polar surface area (TPSA) is 81.9 Å². The van der Waals surface area contributed by atoms with E-state index in [1.54, 1.807) is 0 Å². The number of ether oxygens (including phenoxy) is 2. The second kappa shape index (κ2) is 4.80. The van der Waals surface area contributed by atoms with Gasteiger partial charge in [-0.05, 0) is 6.42 Å². The van der Waals surface area contributed by atoms with Crippen LogP contribution in [0.4, 0.5) is 4.79 Å². The largest absolute Gasteiger partial charge is 0.468 e. The molecule has 0 aromatic heterocycles. The number of nitrogens with zero attached hydrogens (tertiary/aromatic N) is 1. The maximum atomic E-state index is 11.1. The van der Waals surface area contributed by atoms with E-state index in [9.17, 15) is 9.59 Å². The first kappa shape index (κ1) is 10.8. The van der Waals surface area contributed by atoms with E-state index in [0.29, 0.717) is 6.54 Å². The monoisotopic (exact) mass is 202 g/mol. The molecule has 0 aromatic rings. The van der Waals surface area contributed by atoms with Gasteiger partial charge in [0, 0.05) is 13.1 Å². The highest BCUT2D eigenvalue weighted by Gasteiger charge is 2.34. The summed E-state index contributed by atoms with van der Waals surface area (Å²) in [4.78, 5) is 23.2. The van der Waals surface area contributed by atoms with Gasteiger partial charge < -0.3 is 15.2 Å². The maximum Gasteiger partial charge on any atom is 0.404 e. The van der Waals surface area contributed by atoms with E-state index in [2.05, 4.69) is 9.47 Å². The van der Waals surface area contributed by atoms with Crippen LogP contribution < -0.4 is 5.73 Å². The predicted octanol–water partition coefficient (Wildman–Crippen LogP) is -0.671. The number of hydrogen-bond donors (Lipinski definition) is 1. The number of rotatable bonds is 4. The molecule has 6 heteroatoms. The lowest BCUT2D eigenvalue weighted by Gasteiger charge is -2.38. The molecule has 1 aliphatic heterocycles. The van der Waals surface area contributed by atoms with Crippen LogP contribution in [0, 0.1) is 0 Å². The summed E-state index contributed by atoms with van der Waals surface area (Å²) in [7, 11) is 1.36. The third-order valence-corrected chi connectivity index (χ3v) is 2.23. The van der Waals surface area contributed by atoms with Crippen molar-refractivity contribution in [1.29, 1.82) is 0 Å². The number of methoxy groups -OCH3 is 1. The maximum absolute atomic E-state index is 11.1. The second-order valence-corrected chi connectivity index (χ2v) is 3.03. The third kappa shape index (κ3) is 2.59. The first-order valence-electron chi connectivity index (χ1n) is 4.39. The molecule has 1 unspecified atom stereocenters. The zero-order chi connectivity index (χ0) is 10.6. The van der Waals surface area contributed by atoms with Crippen LogP contribution in [0.25, 0.3) is 0 Å². The Morgan fingerprint density at radius 3 is 2.71 bits per heavy atom.